The van der Waals surface area contributed by atoms with Crippen molar-refractivity contribution in [2.75, 3.05) is 5.88 Å². The van der Waals surface area contributed by atoms with E-state index in [4.69, 9.17) is 17.3 Å². The molecule has 0 saturated heterocycles. The summed E-state index contributed by atoms with van der Waals surface area (Å²) in [6.45, 7) is 0.192. The summed E-state index contributed by atoms with van der Waals surface area (Å²) in [7, 11) is 0. The van der Waals surface area contributed by atoms with Crippen molar-refractivity contribution in [3.8, 4) is 0 Å². The Morgan fingerprint density at radius 1 is 1.78 bits per heavy atom. The van der Waals surface area contributed by atoms with Crippen LogP contribution < -0.4 is 5.73 Å². The van der Waals surface area contributed by atoms with E-state index in [0.29, 0.717) is 5.88 Å². The molecule has 0 aromatic carbocycles. The Balaban J connectivity index is 3.43. The summed E-state index contributed by atoms with van der Waals surface area (Å²) in [4.78, 5) is 3.15. The van der Waals surface area contributed by atoms with Gasteiger partial charge in [-0.25, -0.2) is 4.99 Å². The van der Waals surface area contributed by atoms with E-state index in [2.05, 4.69) is 4.99 Å². The molecule has 0 aromatic heterocycles. The Labute approximate surface area is 58.2 Å². The summed E-state index contributed by atoms with van der Waals surface area (Å²) < 4.78 is 11.1. The van der Waals surface area contributed by atoms with E-state index in [1.54, 1.807) is 0 Å². The molecule has 52 valence electrons. The molecule has 1 atom stereocenters. The van der Waals surface area contributed by atoms with Crippen molar-refractivity contribution in [3.63, 3.8) is 0 Å². The normalized spacial score (nSPS) is 15.4. The molecule has 2 nitrogen and oxygen atoms in total. The number of aliphatic imine (C=N–C) groups is 1. The molecular formula is C5H8ClFN2. The zero-order valence-corrected chi connectivity index (χ0v) is 5.55. The Kier molecular flexibility index (Phi) is 5.46. The number of alkyl halides is 1. The molecule has 0 aliphatic rings. The van der Waals surface area contributed by atoms with Gasteiger partial charge < -0.3 is 5.73 Å². The maximum absolute atomic E-state index is 11.1. The van der Waals surface area contributed by atoms with Crippen molar-refractivity contribution in [2.45, 2.75) is 6.04 Å². The van der Waals surface area contributed by atoms with Crippen LogP contribution in [0.25, 0.3) is 0 Å². The first kappa shape index (κ1) is 8.59. The second-order valence-electron chi connectivity index (χ2n) is 1.41. The Morgan fingerprint density at radius 3 is 2.89 bits per heavy atom. The number of nitrogens with zero attached hydrogens (tertiary/aromatic N) is 1. The van der Waals surface area contributed by atoms with E-state index in [9.17, 15) is 4.39 Å². The average Bonchev–Trinajstić information content (AvgIpc) is 1.89. The van der Waals surface area contributed by atoms with Gasteiger partial charge in [-0.3, -0.25) is 0 Å². The molecule has 9 heavy (non-hydrogen) atoms. The van der Waals surface area contributed by atoms with Crippen LogP contribution >= 0.6 is 11.6 Å². The lowest BCUT2D eigenvalue weighted by atomic mass is 10.3. The van der Waals surface area contributed by atoms with Gasteiger partial charge in [0, 0.05) is 18.1 Å². The van der Waals surface area contributed by atoms with Gasteiger partial charge in [0.15, 0.2) is 6.47 Å². The van der Waals surface area contributed by atoms with E-state index in [-0.39, 0.29) is 12.5 Å². The lowest BCUT2D eigenvalue weighted by Gasteiger charge is -1.94. The van der Waals surface area contributed by atoms with E-state index in [1.165, 1.54) is 12.3 Å². The van der Waals surface area contributed by atoms with Gasteiger partial charge in [0.2, 0.25) is 0 Å². The number of halogens is 2. The van der Waals surface area contributed by atoms with E-state index >= 15 is 0 Å². The molecule has 0 rings (SSSR count). The maximum Gasteiger partial charge on any atom is 0.175 e. The van der Waals surface area contributed by atoms with Gasteiger partial charge in [0.25, 0.3) is 0 Å². The maximum atomic E-state index is 11.1. The second-order valence-corrected chi connectivity index (χ2v) is 1.71. The molecule has 0 aliphatic heterocycles. The van der Waals surface area contributed by atoms with Crippen molar-refractivity contribution >= 4 is 18.1 Å². The van der Waals surface area contributed by atoms with Crippen molar-refractivity contribution in [3.05, 3.63) is 12.3 Å². The number of hydrogen-bond acceptors (Lipinski definition) is 2. The SMILES string of the molecule is N[C@@H](/C=C/N=CF)CCl. The fraction of sp³-hybridized carbons (Fsp3) is 0.400. The smallest absolute Gasteiger partial charge is 0.175 e. The van der Waals surface area contributed by atoms with Gasteiger partial charge >= 0.3 is 0 Å². The molecule has 0 fully saturated rings. The monoisotopic (exact) mass is 150 g/mol. The number of nitrogens with two attached hydrogens (primary N) is 1. The Morgan fingerprint density at radius 2 is 2.44 bits per heavy atom. The molecule has 4 heteroatoms. The molecule has 0 aromatic rings. The third kappa shape index (κ3) is 5.46. The third-order valence-electron chi connectivity index (χ3n) is 0.654. The second kappa shape index (κ2) is 5.72. The highest BCUT2D eigenvalue weighted by Gasteiger charge is 1.89. The van der Waals surface area contributed by atoms with Crippen LogP contribution in [-0.4, -0.2) is 18.4 Å². The lowest BCUT2D eigenvalue weighted by molar-refractivity contribution is 0.840. The van der Waals surface area contributed by atoms with Crippen LogP contribution in [0.2, 0.25) is 0 Å². The minimum Gasteiger partial charge on any atom is -0.323 e. The summed E-state index contributed by atoms with van der Waals surface area (Å²) in [6, 6.07) is -0.240. The molecule has 0 aliphatic carbocycles. The molecule has 0 amide bonds. The van der Waals surface area contributed by atoms with Gasteiger partial charge in [-0.05, 0) is 6.08 Å². The van der Waals surface area contributed by atoms with Gasteiger partial charge in [0.1, 0.15) is 0 Å². The van der Waals surface area contributed by atoms with Crippen molar-refractivity contribution < 1.29 is 4.39 Å². The predicted octanol–water partition coefficient (Wildman–Crippen LogP) is 1.06. The van der Waals surface area contributed by atoms with E-state index < -0.39 is 0 Å². The first-order valence-electron chi connectivity index (χ1n) is 2.41. The zero-order chi connectivity index (χ0) is 7.11. The molecule has 0 saturated carbocycles. The first-order chi connectivity index (χ1) is 4.31. The van der Waals surface area contributed by atoms with Crippen LogP contribution in [-0.2, 0) is 0 Å². The summed E-state index contributed by atoms with van der Waals surface area (Å²) in [5, 5.41) is 0. The summed E-state index contributed by atoms with van der Waals surface area (Å²) in [5.74, 6) is 0.318. The molecule has 0 radical (unpaired) electrons. The van der Waals surface area contributed by atoms with Gasteiger partial charge in [-0.15, -0.1) is 11.6 Å². The number of hydrogen-bond donors (Lipinski definition) is 1. The highest BCUT2D eigenvalue weighted by Crippen LogP contribution is 1.85. The minimum atomic E-state index is -0.240. The quantitative estimate of drug-likeness (QED) is 0.474. The summed E-state index contributed by atoms with van der Waals surface area (Å²) >= 11 is 5.31. The third-order valence-corrected chi connectivity index (χ3v) is 1.01. The van der Waals surface area contributed by atoms with Crippen LogP contribution in [0.15, 0.2) is 17.3 Å². The van der Waals surface area contributed by atoms with Crippen LogP contribution in [0.1, 0.15) is 0 Å². The van der Waals surface area contributed by atoms with Crippen molar-refractivity contribution in [1.29, 1.82) is 0 Å². The summed E-state index contributed by atoms with van der Waals surface area (Å²) in [5.41, 5.74) is 5.30. The largest absolute Gasteiger partial charge is 0.323 e. The molecule has 0 heterocycles. The molecule has 0 unspecified atom stereocenters. The van der Waals surface area contributed by atoms with E-state index in [1.807, 2.05) is 0 Å². The van der Waals surface area contributed by atoms with Crippen molar-refractivity contribution in [2.24, 2.45) is 10.7 Å². The number of rotatable bonds is 3. The standard InChI is InChI=1S/C5H8ClFN2/c6-3-5(8)1-2-9-4-7/h1-2,4-5H,3,8H2/b2-1+,9-4?/t5-/m0/s1. The fourth-order valence-electron chi connectivity index (χ4n) is 0.244. The molecule has 0 bridgehead atoms. The van der Waals surface area contributed by atoms with Crippen LogP contribution in [0.5, 0.6) is 0 Å². The van der Waals surface area contributed by atoms with Crippen molar-refractivity contribution in [1.82, 2.24) is 0 Å². The highest BCUT2D eigenvalue weighted by molar-refractivity contribution is 6.18. The first-order valence-corrected chi connectivity index (χ1v) is 2.94. The topological polar surface area (TPSA) is 38.4 Å². The summed E-state index contributed by atoms with van der Waals surface area (Å²) in [6.07, 6.45) is 2.79. The van der Waals surface area contributed by atoms with Crippen LogP contribution in [0, 0.1) is 0 Å². The average molecular weight is 151 g/mol. The highest BCUT2D eigenvalue weighted by atomic mass is 35.5. The Bertz CT molecular complexity index is 114. The van der Waals surface area contributed by atoms with Gasteiger partial charge in [-0.2, -0.15) is 4.39 Å². The fourth-order valence-corrected chi connectivity index (χ4v) is 0.347. The van der Waals surface area contributed by atoms with E-state index in [0.717, 1.165) is 0 Å². The van der Waals surface area contributed by atoms with Crippen LogP contribution in [0.3, 0.4) is 0 Å². The lowest BCUT2D eigenvalue weighted by Crippen LogP contribution is -2.17. The van der Waals surface area contributed by atoms with Gasteiger partial charge in [-0.1, -0.05) is 0 Å². The minimum absolute atomic E-state index is 0.192. The molecule has 0 spiro atoms. The molecule has 2 N–H and O–H groups in total. The van der Waals surface area contributed by atoms with Gasteiger partial charge in [0.05, 0.1) is 0 Å². The predicted molar refractivity (Wildman–Crippen MR) is 37.4 cm³/mol. The zero-order valence-electron chi connectivity index (χ0n) is 4.80. The van der Waals surface area contributed by atoms with Crippen LogP contribution in [0.4, 0.5) is 4.39 Å². The Hall–Kier alpha value is -0.410. The molecular weight excluding hydrogens is 143 g/mol.